The molecule has 4 rings (SSSR count). The molecule has 1 aromatic heterocycles. The Balaban J connectivity index is 1.40. The highest BCUT2D eigenvalue weighted by Gasteiger charge is 2.13. The molecule has 28 heavy (non-hydrogen) atoms. The largest absolute Gasteiger partial charge is 0.492 e. The highest BCUT2D eigenvalue weighted by Crippen LogP contribution is 2.24. The van der Waals surface area contributed by atoms with Gasteiger partial charge in [-0.05, 0) is 68.4 Å². The Kier molecular flexibility index (Phi) is 5.34. The third-order valence-corrected chi connectivity index (χ3v) is 4.77. The summed E-state index contributed by atoms with van der Waals surface area (Å²) >= 11 is 0. The van der Waals surface area contributed by atoms with Gasteiger partial charge in [0.1, 0.15) is 12.4 Å². The minimum absolute atomic E-state index is 0.174. The molecule has 1 fully saturated rings. The minimum atomic E-state index is -0.998. The number of rotatable bonds is 7. The molecule has 0 unspecified atom stereocenters. The van der Waals surface area contributed by atoms with E-state index in [0.717, 1.165) is 30.9 Å². The summed E-state index contributed by atoms with van der Waals surface area (Å²) in [6.07, 6.45) is 2.56. The van der Waals surface area contributed by atoms with Crippen molar-refractivity contribution in [1.82, 2.24) is 15.0 Å². The lowest BCUT2D eigenvalue weighted by Crippen LogP contribution is -2.25. The second kappa shape index (κ2) is 8.22. The summed E-state index contributed by atoms with van der Waals surface area (Å²) in [5.74, 6) is 0.533. The predicted molar refractivity (Wildman–Crippen MR) is 103 cm³/mol. The number of carboxylic acid groups (broad SMARTS) is 1. The number of carbonyl (C=O) groups is 1. The van der Waals surface area contributed by atoms with Gasteiger partial charge < -0.3 is 14.4 Å². The highest BCUT2D eigenvalue weighted by molar-refractivity contribution is 5.89. The molecule has 1 N–H and O–H groups in total. The average molecular weight is 379 g/mol. The van der Waals surface area contributed by atoms with E-state index in [1.165, 1.54) is 25.0 Å². The molecule has 1 aliphatic heterocycles. The molecule has 0 spiro atoms. The van der Waals surface area contributed by atoms with Crippen molar-refractivity contribution in [2.45, 2.75) is 12.8 Å². The maximum Gasteiger partial charge on any atom is 0.335 e. The van der Waals surface area contributed by atoms with Crippen LogP contribution in [0.5, 0.6) is 5.75 Å². The van der Waals surface area contributed by atoms with Gasteiger partial charge in [0.25, 0.3) is 5.89 Å². The van der Waals surface area contributed by atoms with Crippen LogP contribution in [0.1, 0.15) is 23.2 Å². The highest BCUT2D eigenvalue weighted by atomic mass is 16.5. The smallest absolute Gasteiger partial charge is 0.335 e. The molecule has 2 aromatic carbocycles. The summed E-state index contributed by atoms with van der Waals surface area (Å²) in [6.45, 7) is 3.95. The summed E-state index contributed by atoms with van der Waals surface area (Å²) in [5.41, 5.74) is 1.55. The molecule has 7 heteroatoms. The molecule has 3 aromatic rings. The van der Waals surface area contributed by atoms with E-state index in [0.29, 0.717) is 18.0 Å². The van der Waals surface area contributed by atoms with E-state index < -0.39 is 5.97 Å². The zero-order valence-corrected chi connectivity index (χ0v) is 15.4. The van der Waals surface area contributed by atoms with Gasteiger partial charge in [-0.2, -0.15) is 4.98 Å². The lowest BCUT2D eigenvalue weighted by molar-refractivity contribution is 0.0697. The van der Waals surface area contributed by atoms with Crippen LogP contribution in [0.4, 0.5) is 0 Å². The second-order valence-corrected chi connectivity index (χ2v) is 6.73. The van der Waals surface area contributed by atoms with Crippen molar-refractivity contribution in [2.24, 2.45) is 0 Å². The van der Waals surface area contributed by atoms with Crippen molar-refractivity contribution in [3.05, 3.63) is 54.1 Å². The number of carboxylic acids is 1. The summed E-state index contributed by atoms with van der Waals surface area (Å²) in [6, 6.07) is 14.0. The first kappa shape index (κ1) is 18.2. The van der Waals surface area contributed by atoms with E-state index in [2.05, 4.69) is 15.0 Å². The van der Waals surface area contributed by atoms with Gasteiger partial charge in [0.15, 0.2) is 0 Å². The summed E-state index contributed by atoms with van der Waals surface area (Å²) < 4.78 is 11.1. The van der Waals surface area contributed by atoms with E-state index >= 15 is 0 Å². The van der Waals surface area contributed by atoms with Crippen molar-refractivity contribution >= 4 is 5.97 Å². The third-order valence-electron chi connectivity index (χ3n) is 4.77. The van der Waals surface area contributed by atoms with Crippen molar-refractivity contribution in [3.8, 4) is 28.6 Å². The first-order valence-corrected chi connectivity index (χ1v) is 9.32. The molecule has 1 saturated heterocycles. The van der Waals surface area contributed by atoms with Crippen LogP contribution in [-0.4, -0.2) is 52.4 Å². The van der Waals surface area contributed by atoms with E-state index in [1.807, 2.05) is 24.3 Å². The van der Waals surface area contributed by atoms with Crippen LogP contribution in [-0.2, 0) is 0 Å². The Labute approximate surface area is 162 Å². The van der Waals surface area contributed by atoms with Crippen LogP contribution in [0, 0.1) is 0 Å². The molecule has 1 aliphatic rings. The van der Waals surface area contributed by atoms with Crippen LogP contribution >= 0.6 is 0 Å². The first-order valence-electron chi connectivity index (χ1n) is 9.32. The topological polar surface area (TPSA) is 88.7 Å². The number of likely N-dealkylation sites (tertiary alicyclic amines) is 1. The number of aromatic carboxylic acids is 1. The van der Waals surface area contributed by atoms with Crippen LogP contribution in [0.25, 0.3) is 22.8 Å². The number of hydrogen-bond acceptors (Lipinski definition) is 6. The fourth-order valence-electron chi connectivity index (χ4n) is 3.24. The minimum Gasteiger partial charge on any atom is -0.492 e. The lowest BCUT2D eigenvalue weighted by Gasteiger charge is -2.14. The molecular formula is C21H21N3O4. The number of nitrogens with zero attached hydrogens (tertiary/aromatic N) is 3. The van der Waals surface area contributed by atoms with Crippen molar-refractivity contribution in [3.63, 3.8) is 0 Å². The molecular weight excluding hydrogens is 358 g/mol. The Hall–Kier alpha value is -3.19. The number of benzene rings is 2. The Morgan fingerprint density at radius 3 is 2.64 bits per heavy atom. The fraction of sp³-hybridized carbons (Fsp3) is 0.286. The monoisotopic (exact) mass is 379 g/mol. The van der Waals surface area contributed by atoms with Crippen molar-refractivity contribution < 1.29 is 19.2 Å². The fourth-order valence-corrected chi connectivity index (χ4v) is 3.24. The van der Waals surface area contributed by atoms with Crippen LogP contribution < -0.4 is 4.74 Å². The number of ether oxygens (including phenoxy) is 1. The van der Waals surface area contributed by atoms with E-state index in [4.69, 9.17) is 14.4 Å². The van der Waals surface area contributed by atoms with E-state index in [1.54, 1.807) is 12.1 Å². The average Bonchev–Trinajstić information content (AvgIpc) is 3.41. The SMILES string of the molecule is O=C(O)c1cccc(-c2nc(-c3ccc(OCCN4CCCC4)cc3)no2)c1. The van der Waals surface area contributed by atoms with Gasteiger partial charge in [0.05, 0.1) is 5.56 Å². The molecule has 0 bridgehead atoms. The molecule has 2 heterocycles. The molecule has 0 radical (unpaired) electrons. The summed E-state index contributed by atoms with van der Waals surface area (Å²) in [4.78, 5) is 17.9. The first-order chi connectivity index (χ1) is 13.7. The van der Waals surface area contributed by atoms with E-state index in [-0.39, 0.29) is 11.5 Å². The normalized spacial score (nSPS) is 14.3. The molecule has 7 nitrogen and oxygen atoms in total. The van der Waals surface area contributed by atoms with Gasteiger partial charge in [-0.25, -0.2) is 4.79 Å². The number of hydrogen-bond donors (Lipinski definition) is 1. The van der Waals surface area contributed by atoms with Crippen LogP contribution in [0.3, 0.4) is 0 Å². The molecule has 144 valence electrons. The van der Waals surface area contributed by atoms with Crippen molar-refractivity contribution in [1.29, 1.82) is 0 Å². The zero-order chi connectivity index (χ0) is 19.3. The summed E-state index contributed by atoms with van der Waals surface area (Å²) in [5, 5.41) is 13.1. The maximum absolute atomic E-state index is 11.1. The van der Waals surface area contributed by atoms with Gasteiger partial charge >= 0.3 is 5.97 Å². The maximum atomic E-state index is 11.1. The van der Waals surface area contributed by atoms with Gasteiger partial charge in [-0.3, -0.25) is 4.90 Å². The second-order valence-electron chi connectivity index (χ2n) is 6.73. The molecule has 0 aliphatic carbocycles. The van der Waals surface area contributed by atoms with Gasteiger partial charge in [0.2, 0.25) is 5.82 Å². The van der Waals surface area contributed by atoms with Gasteiger partial charge in [-0.15, -0.1) is 0 Å². The van der Waals surface area contributed by atoms with Crippen molar-refractivity contribution in [2.75, 3.05) is 26.2 Å². The molecule has 0 saturated carbocycles. The summed E-state index contributed by atoms with van der Waals surface area (Å²) in [7, 11) is 0. The van der Waals surface area contributed by atoms with Crippen LogP contribution in [0.15, 0.2) is 53.1 Å². The zero-order valence-electron chi connectivity index (χ0n) is 15.4. The van der Waals surface area contributed by atoms with Gasteiger partial charge in [-0.1, -0.05) is 11.2 Å². The standard InChI is InChI=1S/C21H21N3O4/c25-21(26)17-5-3-4-16(14-17)20-22-19(23-28-20)15-6-8-18(9-7-15)27-13-12-24-10-1-2-11-24/h3-9,14H,1-2,10-13H2,(H,25,26). The Bertz CT molecular complexity index is 946. The quantitative estimate of drug-likeness (QED) is 0.671. The Morgan fingerprint density at radius 2 is 1.89 bits per heavy atom. The number of aromatic nitrogens is 2. The molecule has 0 atom stereocenters. The third kappa shape index (κ3) is 4.20. The predicted octanol–water partition coefficient (Wildman–Crippen LogP) is 3.58. The lowest BCUT2D eigenvalue weighted by atomic mass is 10.1. The van der Waals surface area contributed by atoms with Gasteiger partial charge in [0, 0.05) is 17.7 Å². The van der Waals surface area contributed by atoms with Crippen LogP contribution in [0.2, 0.25) is 0 Å². The molecule has 0 amide bonds. The van der Waals surface area contributed by atoms with E-state index in [9.17, 15) is 4.79 Å². The Morgan fingerprint density at radius 1 is 1.11 bits per heavy atom.